The van der Waals surface area contributed by atoms with Gasteiger partial charge in [-0.2, -0.15) is 0 Å². The highest BCUT2D eigenvalue weighted by molar-refractivity contribution is 6.46. The molecule has 0 aliphatic carbocycles. The maximum Gasteiger partial charge on any atom is 0.295 e. The summed E-state index contributed by atoms with van der Waals surface area (Å²) >= 11 is 0. The number of phenolic OH excluding ortho intramolecular Hbond substituents is 1. The molecule has 0 radical (unpaired) electrons. The van der Waals surface area contributed by atoms with Crippen LogP contribution in [0.25, 0.3) is 5.76 Å². The van der Waals surface area contributed by atoms with E-state index in [1.54, 1.807) is 37.3 Å². The number of ether oxygens (including phenoxy) is 3. The number of likely N-dealkylation sites (tertiary alicyclic amines) is 1. The average molecular weight is 502 g/mol. The number of phenols is 1. The normalized spacial score (nSPS) is 17.9. The van der Waals surface area contributed by atoms with E-state index < -0.39 is 17.7 Å². The van der Waals surface area contributed by atoms with Crippen LogP contribution in [0.4, 0.5) is 0 Å². The number of amides is 1. The van der Waals surface area contributed by atoms with Gasteiger partial charge in [-0.25, -0.2) is 0 Å². The van der Waals surface area contributed by atoms with Crippen molar-refractivity contribution in [2.75, 3.05) is 13.4 Å². The van der Waals surface area contributed by atoms with E-state index in [4.69, 9.17) is 14.2 Å². The Balaban J connectivity index is 1.67. The lowest BCUT2D eigenvalue weighted by Gasteiger charge is -2.26. The van der Waals surface area contributed by atoms with Crippen molar-refractivity contribution in [1.29, 1.82) is 0 Å². The molecule has 1 fully saturated rings. The Labute approximate surface area is 214 Å². The molecular weight excluding hydrogens is 474 g/mol. The van der Waals surface area contributed by atoms with E-state index in [0.29, 0.717) is 29.2 Å². The number of aliphatic hydroxyl groups excluding tert-OH is 1. The van der Waals surface area contributed by atoms with Gasteiger partial charge >= 0.3 is 0 Å². The van der Waals surface area contributed by atoms with Crippen molar-refractivity contribution < 1.29 is 34.0 Å². The monoisotopic (exact) mass is 501 g/mol. The standard InChI is InChI=1S/C29H27NO7/c1-4-35-23-12-18(7-9-21(23)31)26-25(27(32)19-8-10-22-24(13-19)37-15-36-22)28(33)29(34)30(26)14-20-11-16(2)5-6-17(20)3/h5-13,26,31-32H,4,14-15H2,1-3H3/b27-25+. The number of aliphatic hydroxyl groups is 1. The van der Waals surface area contributed by atoms with Gasteiger partial charge in [0.15, 0.2) is 23.0 Å². The summed E-state index contributed by atoms with van der Waals surface area (Å²) < 4.78 is 16.3. The Morgan fingerprint density at radius 2 is 1.81 bits per heavy atom. The molecule has 2 aliphatic heterocycles. The number of aromatic hydroxyl groups is 1. The first-order valence-electron chi connectivity index (χ1n) is 12.0. The molecular formula is C29H27NO7. The van der Waals surface area contributed by atoms with Crippen LogP contribution in [0.2, 0.25) is 0 Å². The molecule has 2 heterocycles. The molecule has 0 spiro atoms. The zero-order valence-corrected chi connectivity index (χ0v) is 20.8. The topological polar surface area (TPSA) is 106 Å². The average Bonchev–Trinajstić information content (AvgIpc) is 3.45. The summed E-state index contributed by atoms with van der Waals surface area (Å²) in [5, 5.41) is 21.6. The van der Waals surface area contributed by atoms with Crippen LogP contribution in [0.5, 0.6) is 23.0 Å². The van der Waals surface area contributed by atoms with Crippen molar-refractivity contribution in [2.45, 2.75) is 33.4 Å². The van der Waals surface area contributed by atoms with Crippen LogP contribution in [-0.2, 0) is 16.1 Å². The van der Waals surface area contributed by atoms with Gasteiger partial charge in [0.05, 0.1) is 18.2 Å². The minimum atomic E-state index is -0.912. The third-order valence-corrected chi connectivity index (χ3v) is 6.63. The smallest absolute Gasteiger partial charge is 0.295 e. The molecule has 8 nitrogen and oxygen atoms in total. The van der Waals surface area contributed by atoms with Crippen LogP contribution < -0.4 is 14.2 Å². The molecule has 3 aromatic rings. The molecule has 0 aromatic heterocycles. The van der Waals surface area contributed by atoms with Crippen molar-refractivity contribution in [2.24, 2.45) is 0 Å². The van der Waals surface area contributed by atoms with Gasteiger partial charge in [-0.05, 0) is 67.8 Å². The molecule has 5 rings (SSSR count). The van der Waals surface area contributed by atoms with Gasteiger partial charge in [0, 0.05) is 12.1 Å². The summed E-state index contributed by atoms with van der Waals surface area (Å²) in [5.74, 6) is -0.711. The second-order valence-electron chi connectivity index (χ2n) is 9.09. The van der Waals surface area contributed by atoms with E-state index in [1.165, 1.54) is 11.0 Å². The Hall–Kier alpha value is -4.46. The van der Waals surface area contributed by atoms with Gasteiger partial charge < -0.3 is 29.3 Å². The zero-order valence-electron chi connectivity index (χ0n) is 20.8. The van der Waals surface area contributed by atoms with E-state index in [1.807, 2.05) is 32.0 Å². The molecule has 0 bridgehead atoms. The number of fused-ring (bicyclic) bond motifs is 1. The van der Waals surface area contributed by atoms with Crippen LogP contribution in [0.15, 0.2) is 60.2 Å². The molecule has 2 aliphatic rings. The van der Waals surface area contributed by atoms with Crippen LogP contribution in [0, 0.1) is 13.8 Å². The van der Waals surface area contributed by atoms with Gasteiger partial charge in [-0.3, -0.25) is 9.59 Å². The highest BCUT2D eigenvalue weighted by Crippen LogP contribution is 2.44. The minimum Gasteiger partial charge on any atom is -0.507 e. The summed E-state index contributed by atoms with van der Waals surface area (Å²) in [6.07, 6.45) is 0. The summed E-state index contributed by atoms with van der Waals surface area (Å²) in [6, 6.07) is 14.5. The van der Waals surface area contributed by atoms with Crippen molar-refractivity contribution in [3.05, 3.63) is 88.0 Å². The van der Waals surface area contributed by atoms with Gasteiger partial charge in [0.2, 0.25) is 6.79 Å². The quantitative estimate of drug-likeness (QED) is 0.285. The van der Waals surface area contributed by atoms with Gasteiger partial charge in [-0.1, -0.05) is 29.8 Å². The third kappa shape index (κ3) is 4.35. The molecule has 8 heteroatoms. The fourth-order valence-electron chi connectivity index (χ4n) is 4.72. The highest BCUT2D eigenvalue weighted by atomic mass is 16.7. The van der Waals surface area contributed by atoms with E-state index in [2.05, 4.69) is 0 Å². The molecule has 1 unspecified atom stereocenters. The summed E-state index contributed by atoms with van der Waals surface area (Å²) in [7, 11) is 0. The second-order valence-corrected chi connectivity index (χ2v) is 9.09. The number of benzene rings is 3. The summed E-state index contributed by atoms with van der Waals surface area (Å²) in [5.41, 5.74) is 3.68. The van der Waals surface area contributed by atoms with Crippen LogP contribution in [0.3, 0.4) is 0 Å². The van der Waals surface area contributed by atoms with E-state index in [-0.39, 0.29) is 36.2 Å². The number of carbonyl (C=O) groups excluding carboxylic acids is 2. The fraction of sp³-hybridized carbons (Fsp3) is 0.241. The SMILES string of the molecule is CCOc1cc(C2/C(=C(\O)c3ccc4c(c3)OCO4)C(=O)C(=O)N2Cc2cc(C)ccc2C)ccc1O. The van der Waals surface area contributed by atoms with E-state index >= 15 is 0 Å². The number of carbonyl (C=O) groups is 2. The van der Waals surface area contributed by atoms with Gasteiger partial charge in [0.1, 0.15) is 5.76 Å². The summed E-state index contributed by atoms with van der Waals surface area (Å²) in [6.45, 7) is 6.23. The predicted molar refractivity (Wildman–Crippen MR) is 136 cm³/mol. The first-order valence-corrected chi connectivity index (χ1v) is 12.0. The maximum absolute atomic E-state index is 13.4. The minimum absolute atomic E-state index is 0.0534. The number of hydrogen-bond acceptors (Lipinski definition) is 7. The van der Waals surface area contributed by atoms with Crippen LogP contribution in [-0.4, -0.2) is 40.2 Å². The van der Waals surface area contributed by atoms with Gasteiger partial charge in [-0.15, -0.1) is 0 Å². The number of nitrogens with zero attached hydrogens (tertiary/aromatic N) is 1. The van der Waals surface area contributed by atoms with Gasteiger partial charge in [0.25, 0.3) is 11.7 Å². The number of aryl methyl sites for hydroxylation is 2. The van der Waals surface area contributed by atoms with Crippen LogP contribution >= 0.6 is 0 Å². The summed E-state index contributed by atoms with van der Waals surface area (Å²) in [4.78, 5) is 28.3. The second kappa shape index (κ2) is 9.54. The molecule has 3 aromatic carbocycles. The first-order chi connectivity index (χ1) is 17.8. The third-order valence-electron chi connectivity index (χ3n) is 6.63. The molecule has 1 atom stereocenters. The lowest BCUT2D eigenvalue weighted by Crippen LogP contribution is -2.29. The molecule has 0 saturated carbocycles. The number of ketones is 1. The fourth-order valence-corrected chi connectivity index (χ4v) is 4.72. The zero-order chi connectivity index (χ0) is 26.3. The van der Waals surface area contributed by atoms with Crippen molar-refractivity contribution in [1.82, 2.24) is 4.90 Å². The number of Topliss-reactive ketones (excluding diaryl/α,β-unsaturated/α-hetero) is 1. The predicted octanol–water partition coefficient (Wildman–Crippen LogP) is 4.76. The Morgan fingerprint density at radius 3 is 2.59 bits per heavy atom. The molecule has 1 saturated heterocycles. The molecule has 190 valence electrons. The lowest BCUT2D eigenvalue weighted by molar-refractivity contribution is -0.140. The Morgan fingerprint density at radius 1 is 1.03 bits per heavy atom. The Bertz CT molecular complexity index is 1440. The number of rotatable bonds is 6. The van der Waals surface area contributed by atoms with E-state index in [0.717, 1.165) is 16.7 Å². The molecule has 1 amide bonds. The first kappa shape index (κ1) is 24.2. The number of hydrogen-bond donors (Lipinski definition) is 2. The van der Waals surface area contributed by atoms with Crippen molar-refractivity contribution in [3.63, 3.8) is 0 Å². The largest absolute Gasteiger partial charge is 0.507 e. The molecule has 37 heavy (non-hydrogen) atoms. The van der Waals surface area contributed by atoms with E-state index in [9.17, 15) is 19.8 Å². The van der Waals surface area contributed by atoms with Crippen molar-refractivity contribution in [3.8, 4) is 23.0 Å². The molecule has 2 N–H and O–H groups in total. The van der Waals surface area contributed by atoms with Crippen molar-refractivity contribution >= 4 is 17.4 Å². The lowest BCUT2D eigenvalue weighted by atomic mass is 9.94. The Kier molecular flexibility index (Phi) is 6.25. The van der Waals surface area contributed by atoms with Crippen LogP contribution in [0.1, 0.15) is 40.8 Å². The maximum atomic E-state index is 13.4. The highest BCUT2D eigenvalue weighted by Gasteiger charge is 2.46.